The first kappa shape index (κ1) is 26.5. The van der Waals surface area contributed by atoms with Gasteiger partial charge in [-0.25, -0.2) is 9.78 Å². The van der Waals surface area contributed by atoms with E-state index in [1.54, 1.807) is 28.7 Å². The molecule has 2 N–H and O–H groups in total. The third-order valence-corrected chi connectivity index (χ3v) is 8.13. The lowest BCUT2D eigenvalue weighted by Gasteiger charge is -2.27. The van der Waals surface area contributed by atoms with Gasteiger partial charge in [-0.15, -0.1) is 22.7 Å². The van der Waals surface area contributed by atoms with Crippen molar-refractivity contribution in [1.29, 1.82) is 0 Å². The molecule has 1 aliphatic rings. The first-order valence-corrected chi connectivity index (χ1v) is 13.3. The summed E-state index contributed by atoms with van der Waals surface area (Å²) in [4.78, 5) is 17.7. The van der Waals surface area contributed by atoms with Gasteiger partial charge in [0.2, 0.25) is 0 Å². The molecule has 0 aromatic carbocycles. The van der Waals surface area contributed by atoms with Crippen molar-refractivity contribution < 1.29 is 22.7 Å². The number of alkyl halides is 3. The molecule has 0 unspecified atom stereocenters. The summed E-state index contributed by atoms with van der Waals surface area (Å²) in [7, 11) is 1.92. The fourth-order valence-corrected chi connectivity index (χ4v) is 6.22. The van der Waals surface area contributed by atoms with Gasteiger partial charge in [0.15, 0.2) is 0 Å². The molecule has 3 aromatic rings. The first-order valence-electron chi connectivity index (χ1n) is 11.2. The number of carbonyl (C=O) groups is 1. The molecule has 36 heavy (non-hydrogen) atoms. The third-order valence-electron chi connectivity index (χ3n) is 5.72. The molecular formula is C25H23ClF3N3O2S2. The summed E-state index contributed by atoms with van der Waals surface area (Å²) < 4.78 is 42.3. The maximum absolute atomic E-state index is 12.4. The summed E-state index contributed by atoms with van der Waals surface area (Å²) in [5, 5.41) is 9.17. The van der Waals surface area contributed by atoms with Gasteiger partial charge in [0.05, 0.1) is 16.0 Å². The van der Waals surface area contributed by atoms with E-state index in [2.05, 4.69) is 44.3 Å². The predicted molar refractivity (Wildman–Crippen MR) is 139 cm³/mol. The zero-order valence-electron chi connectivity index (χ0n) is 19.2. The number of fused-ring (bicyclic) bond motifs is 1. The van der Waals surface area contributed by atoms with Crippen molar-refractivity contribution in [2.45, 2.75) is 43.9 Å². The predicted octanol–water partition coefficient (Wildman–Crippen LogP) is 6.49. The molecule has 0 spiro atoms. The van der Waals surface area contributed by atoms with Gasteiger partial charge in [0, 0.05) is 40.7 Å². The number of nitrogens with zero attached hydrogens (tertiary/aromatic N) is 1. The Labute approximate surface area is 219 Å². The van der Waals surface area contributed by atoms with Gasteiger partial charge in [-0.2, -0.15) is 13.2 Å². The number of pyridine rings is 1. The molecule has 0 saturated heterocycles. The summed E-state index contributed by atoms with van der Waals surface area (Å²) >= 11 is 9.65. The molecule has 0 aliphatic heterocycles. The number of halogens is 4. The van der Waals surface area contributed by atoms with E-state index in [0.717, 1.165) is 28.1 Å². The minimum atomic E-state index is -5.02. The van der Waals surface area contributed by atoms with Gasteiger partial charge in [-0.1, -0.05) is 41.7 Å². The van der Waals surface area contributed by atoms with Crippen molar-refractivity contribution in [2.24, 2.45) is 0 Å². The van der Waals surface area contributed by atoms with Gasteiger partial charge in [-0.05, 0) is 31.3 Å². The Morgan fingerprint density at radius 2 is 2.14 bits per heavy atom. The molecule has 0 saturated carbocycles. The lowest BCUT2D eigenvalue weighted by Crippen LogP contribution is -2.33. The van der Waals surface area contributed by atoms with Crippen LogP contribution in [0.1, 0.15) is 40.5 Å². The summed E-state index contributed by atoms with van der Waals surface area (Å²) in [5.41, 5.74) is 2.21. The molecule has 3 heterocycles. The molecule has 0 radical (unpaired) electrons. The summed E-state index contributed by atoms with van der Waals surface area (Å²) in [6.07, 6.45) is 0.924. The quantitative estimate of drug-likeness (QED) is 0.115. The second-order valence-electron chi connectivity index (χ2n) is 8.07. The molecule has 1 aliphatic carbocycles. The zero-order chi connectivity index (χ0) is 25.7. The Morgan fingerprint density at radius 1 is 1.33 bits per heavy atom. The van der Waals surface area contributed by atoms with Crippen LogP contribution < -0.4 is 10.6 Å². The SMILES string of the molecule is CN[C@H]1CC=CC[C@@H]1c1sc2c(NCc3cccs3)cc(Cl)nc2c1C#CCCOC(=O)C(F)(F)F. The molecule has 2 atom stereocenters. The summed E-state index contributed by atoms with van der Waals surface area (Å²) in [6, 6.07) is 6.04. The number of thiophene rings is 2. The maximum Gasteiger partial charge on any atom is 0.490 e. The molecule has 0 fully saturated rings. The fourth-order valence-electron chi connectivity index (χ4n) is 4.01. The van der Waals surface area contributed by atoms with E-state index in [0.29, 0.717) is 22.8 Å². The van der Waals surface area contributed by atoms with E-state index in [4.69, 9.17) is 11.6 Å². The Kier molecular flexibility index (Phi) is 8.57. The number of ether oxygens (including phenoxy) is 1. The van der Waals surface area contributed by atoms with Crippen LogP contribution in [0.2, 0.25) is 5.15 Å². The number of nitrogens with one attached hydrogen (secondary N) is 2. The highest BCUT2D eigenvalue weighted by atomic mass is 35.5. The van der Waals surface area contributed by atoms with E-state index < -0.39 is 18.8 Å². The Hall–Kier alpha value is -2.58. The number of aromatic nitrogens is 1. The van der Waals surface area contributed by atoms with Gasteiger partial charge < -0.3 is 15.4 Å². The van der Waals surface area contributed by atoms with Crippen LogP contribution in [-0.4, -0.2) is 36.8 Å². The fraction of sp³-hybridized carbons (Fsp3) is 0.360. The number of rotatable bonds is 7. The smallest absolute Gasteiger partial charge is 0.458 e. The van der Waals surface area contributed by atoms with E-state index in [1.165, 1.54) is 4.88 Å². The van der Waals surface area contributed by atoms with E-state index in [9.17, 15) is 18.0 Å². The van der Waals surface area contributed by atoms with Crippen molar-refractivity contribution in [3.05, 3.63) is 56.2 Å². The minimum absolute atomic E-state index is 0.0390. The number of anilines is 1. The molecule has 5 nitrogen and oxygen atoms in total. The van der Waals surface area contributed by atoms with Crippen LogP contribution in [0.5, 0.6) is 0 Å². The van der Waals surface area contributed by atoms with Crippen LogP contribution in [0.3, 0.4) is 0 Å². The van der Waals surface area contributed by atoms with Crippen LogP contribution in [0.4, 0.5) is 18.9 Å². The van der Waals surface area contributed by atoms with E-state index in [-0.39, 0.29) is 18.4 Å². The Bertz CT molecular complexity index is 1310. The lowest BCUT2D eigenvalue weighted by molar-refractivity contribution is -0.199. The van der Waals surface area contributed by atoms with Gasteiger partial charge in [-0.3, -0.25) is 0 Å². The van der Waals surface area contributed by atoms with Crippen LogP contribution in [-0.2, 0) is 16.1 Å². The topological polar surface area (TPSA) is 63.3 Å². The van der Waals surface area contributed by atoms with Crippen LogP contribution in [0.15, 0.2) is 35.7 Å². The normalized spacial score (nSPS) is 17.6. The second-order valence-corrected chi connectivity index (χ2v) is 10.5. The van der Waals surface area contributed by atoms with Crippen molar-refractivity contribution in [2.75, 3.05) is 19.0 Å². The van der Waals surface area contributed by atoms with Crippen molar-refractivity contribution in [3.63, 3.8) is 0 Å². The monoisotopic (exact) mass is 553 g/mol. The number of hydrogen-bond donors (Lipinski definition) is 2. The number of allylic oxidation sites excluding steroid dienone is 1. The third kappa shape index (κ3) is 6.21. The number of likely N-dealkylation sites (N-methyl/N-ethyl adjacent to an activating group) is 1. The Balaban J connectivity index is 1.68. The highest BCUT2D eigenvalue weighted by Gasteiger charge is 2.40. The zero-order valence-corrected chi connectivity index (χ0v) is 21.6. The highest BCUT2D eigenvalue weighted by Crippen LogP contribution is 2.43. The van der Waals surface area contributed by atoms with Gasteiger partial charge in [0.25, 0.3) is 0 Å². The molecule has 190 valence electrons. The number of esters is 1. The molecule has 11 heteroatoms. The molecule has 0 bridgehead atoms. The van der Waals surface area contributed by atoms with Gasteiger partial charge >= 0.3 is 12.1 Å². The lowest BCUT2D eigenvalue weighted by atomic mass is 9.86. The van der Waals surface area contributed by atoms with E-state index >= 15 is 0 Å². The molecule has 4 rings (SSSR count). The first-order chi connectivity index (χ1) is 17.3. The van der Waals surface area contributed by atoms with E-state index in [1.807, 2.05) is 24.6 Å². The average Bonchev–Trinajstić information content (AvgIpc) is 3.49. The molecule has 3 aromatic heterocycles. The standard InChI is InChI=1S/C25H23ClF3N3O2S2/c1-30-18-10-3-2-8-16(18)22-17(9-4-5-11-34-24(33)25(27,28)29)21-23(36-22)19(13-20(26)32-21)31-14-15-7-6-12-35-15/h2-3,6-7,12-13,16,18,30H,5,8,10-11,14H2,1H3,(H,31,32)/t16-,18-/m0/s1. The summed E-state index contributed by atoms with van der Waals surface area (Å²) in [5.74, 6) is 3.90. The van der Waals surface area contributed by atoms with Crippen molar-refractivity contribution >= 4 is 56.1 Å². The van der Waals surface area contributed by atoms with Gasteiger partial charge in [0.1, 0.15) is 17.3 Å². The van der Waals surface area contributed by atoms with Crippen molar-refractivity contribution in [3.8, 4) is 11.8 Å². The second kappa shape index (κ2) is 11.6. The van der Waals surface area contributed by atoms with Crippen LogP contribution in [0, 0.1) is 11.8 Å². The Morgan fingerprint density at radius 3 is 2.86 bits per heavy atom. The van der Waals surface area contributed by atoms with Crippen LogP contribution >= 0.6 is 34.3 Å². The molecule has 0 amide bonds. The molecular weight excluding hydrogens is 531 g/mol. The van der Waals surface area contributed by atoms with Crippen molar-refractivity contribution in [1.82, 2.24) is 10.3 Å². The highest BCUT2D eigenvalue weighted by molar-refractivity contribution is 7.20. The average molecular weight is 554 g/mol. The number of hydrogen-bond acceptors (Lipinski definition) is 7. The minimum Gasteiger partial charge on any atom is -0.458 e. The maximum atomic E-state index is 12.4. The largest absolute Gasteiger partial charge is 0.490 e. The summed E-state index contributed by atoms with van der Waals surface area (Å²) in [6.45, 7) is 0.188. The number of carbonyl (C=O) groups excluding carboxylic acids is 1. The van der Waals surface area contributed by atoms with Crippen LogP contribution in [0.25, 0.3) is 10.2 Å².